The van der Waals surface area contributed by atoms with Gasteiger partial charge >= 0.3 is 6.09 Å². The van der Waals surface area contributed by atoms with Crippen LogP contribution in [0.1, 0.15) is 51.4 Å². The van der Waals surface area contributed by atoms with E-state index in [0.717, 1.165) is 16.9 Å². The molecule has 0 unspecified atom stereocenters. The first-order chi connectivity index (χ1) is 12.1. The summed E-state index contributed by atoms with van der Waals surface area (Å²) >= 11 is 0. The molecule has 0 spiro atoms. The van der Waals surface area contributed by atoms with Crippen molar-refractivity contribution < 1.29 is 13.9 Å². The number of amides is 1. The van der Waals surface area contributed by atoms with E-state index in [1.807, 2.05) is 32.9 Å². The minimum absolute atomic E-state index is 0.213. The third-order valence-corrected chi connectivity index (χ3v) is 4.46. The second-order valence-corrected chi connectivity index (χ2v) is 8.41. The van der Waals surface area contributed by atoms with Gasteiger partial charge in [-0.25, -0.2) is 9.18 Å². The van der Waals surface area contributed by atoms with Crippen molar-refractivity contribution in [2.75, 3.05) is 11.4 Å². The number of anilines is 1. The first-order valence-electron chi connectivity index (χ1n) is 8.80. The molecule has 5 heteroatoms. The van der Waals surface area contributed by atoms with Crippen molar-refractivity contribution in [3.05, 3.63) is 59.2 Å². The molecule has 1 aliphatic rings. The predicted molar refractivity (Wildman–Crippen MR) is 100 cm³/mol. The zero-order chi connectivity index (χ0) is 19.1. The van der Waals surface area contributed by atoms with Gasteiger partial charge in [-0.2, -0.15) is 0 Å². The maximum atomic E-state index is 14.0. The normalized spacial score (nSPS) is 15.7. The van der Waals surface area contributed by atoms with Gasteiger partial charge in [0.15, 0.2) is 0 Å². The molecule has 0 N–H and O–H groups in total. The van der Waals surface area contributed by atoms with E-state index in [0.29, 0.717) is 18.5 Å². The van der Waals surface area contributed by atoms with Crippen molar-refractivity contribution in [2.24, 2.45) is 0 Å². The second kappa shape index (κ2) is 6.38. The van der Waals surface area contributed by atoms with Crippen molar-refractivity contribution in [2.45, 2.75) is 52.1 Å². The lowest BCUT2D eigenvalue weighted by Crippen LogP contribution is -2.38. The fraction of sp³-hybridized carbons (Fsp3) is 0.429. The number of fused-ring (bicyclic) bond motifs is 1. The summed E-state index contributed by atoms with van der Waals surface area (Å²) in [5.74, 6) is -0.251. The largest absolute Gasteiger partial charge is 0.443 e. The van der Waals surface area contributed by atoms with Crippen LogP contribution in [0.2, 0.25) is 0 Å². The number of carbonyl (C=O) groups is 1. The molecule has 0 aliphatic carbocycles. The predicted octanol–water partition coefficient (Wildman–Crippen LogP) is 4.84. The fourth-order valence-electron chi connectivity index (χ4n) is 3.21. The molecule has 1 aliphatic heterocycles. The second-order valence-electron chi connectivity index (χ2n) is 8.41. The maximum Gasteiger partial charge on any atom is 0.414 e. The van der Waals surface area contributed by atoms with Gasteiger partial charge < -0.3 is 4.74 Å². The molecule has 1 amide bonds. The van der Waals surface area contributed by atoms with Crippen molar-refractivity contribution in [1.82, 2.24) is 4.98 Å². The molecule has 0 bridgehead atoms. The topological polar surface area (TPSA) is 42.4 Å². The van der Waals surface area contributed by atoms with Gasteiger partial charge in [0.05, 0.1) is 5.69 Å². The van der Waals surface area contributed by atoms with Gasteiger partial charge in [0.1, 0.15) is 11.4 Å². The molecule has 0 saturated carbocycles. The Morgan fingerprint density at radius 3 is 2.65 bits per heavy atom. The van der Waals surface area contributed by atoms with Gasteiger partial charge in [0.2, 0.25) is 0 Å². The Bertz CT molecular complexity index is 840. The molecule has 26 heavy (non-hydrogen) atoms. The number of hydrogen-bond acceptors (Lipinski definition) is 3. The van der Waals surface area contributed by atoms with E-state index in [1.54, 1.807) is 23.2 Å². The summed E-state index contributed by atoms with van der Waals surface area (Å²) in [5, 5.41) is 0. The van der Waals surface area contributed by atoms with Crippen molar-refractivity contribution in [1.29, 1.82) is 0 Å². The summed E-state index contributed by atoms with van der Waals surface area (Å²) in [6, 6.07) is 8.54. The van der Waals surface area contributed by atoms with Gasteiger partial charge in [0, 0.05) is 35.8 Å². The first-order valence-corrected chi connectivity index (χ1v) is 8.80. The molecule has 0 saturated heterocycles. The van der Waals surface area contributed by atoms with Crippen molar-refractivity contribution in [3.63, 3.8) is 0 Å². The first kappa shape index (κ1) is 18.4. The SMILES string of the molecule is CC(C)(C)OC(=O)N1CC(C)(C)c2cnc(Cc3ccccc3F)cc21. The fourth-order valence-corrected chi connectivity index (χ4v) is 3.21. The lowest BCUT2D eigenvalue weighted by atomic mass is 9.88. The number of carbonyl (C=O) groups excluding carboxylic acids is 1. The van der Waals surface area contributed by atoms with Gasteiger partial charge in [-0.1, -0.05) is 32.0 Å². The van der Waals surface area contributed by atoms with Crippen LogP contribution >= 0.6 is 0 Å². The number of nitrogens with zero attached hydrogens (tertiary/aromatic N) is 2. The summed E-state index contributed by atoms with van der Waals surface area (Å²) in [6.07, 6.45) is 1.81. The number of aromatic nitrogens is 1. The molecule has 1 aromatic heterocycles. The van der Waals surface area contributed by atoms with Crippen molar-refractivity contribution >= 4 is 11.8 Å². The molecule has 2 aromatic rings. The smallest absolute Gasteiger partial charge is 0.414 e. The Kier molecular flexibility index (Phi) is 4.51. The highest BCUT2D eigenvalue weighted by atomic mass is 19.1. The third-order valence-electron chi connectivity index (χ3n) is 4.46. The van der Waals surface area contributed by atoms with E-state index in [1.165, 1.54) is 6.07 Å². The molecule has 138 valence electrons. The summed E-state index contributed by atoms with van der Waals surface area (Å²) in [7, 11) is 0. The summed E-state index contributed by atoms with van der Waals surface area (Å²) in [6.45, 7) is 10.2. The van der Waals surface area contributed by atoms with E-state index in [9.17, 15) is 9.18 Å². The summed E-state index contributed by atoms with van der Waals surface area (Å²) < 4.78 is 19.5. The van der Waals surface area contributed by atoms with Crippen LogP contribution in [-0.4, -0.2) is 23.2 Å². The highest BCUT2D eigenvalue weighted by Crippen LogP contribution is 2.41. The van der Waals surface area contributed by atoms with E-state index in [4.69, 9.17) is 4.74 Å². The molecule has 2 heterocycles. The van der Waals surface area contributed by atoms with E-state index in [-0.39, 0.29) is 17.3 Å². The van der Waals surface area contributed by atoms with Crippen LogP contribution in [0.3, 0.4) is 0 Å². The van der Waals surface area contributed by atoms with Crippen LogP contribution in [0.4, 0.5) is 14.9 Å². The minimum Gasteiger partial charge on any atom is -0.443 e. The molecule has 4 nitrogen and oxygen atoms in total. The zero-order valence-electron chi connectivity index (χ0n) is 16.0. The van der Waals surface area contributed by atoms with Crippen LogP contribution in [0, 0.1) is 5.82 Å². The molecule has 0 atom stereocenters. The van der Waals surface area contributed by atoms with Crippen LogP contribution in [0.25, 0.3) is 0 Å². The molecule has 3 rings (SSSR count). The quantitative estimate of drug-likeness (QED) is 0.773. The number of benzene rings is 1. The van der Waals surface area contributed by atoms with Gasteiger partial charge in [-0.3, -0.25) is 9.88 Å². The Morgan fingerprint density at radius 1 is 1.31 bits per heavy atom. The van der Waals surface area contributed by atoms with Crippen LogP contribution in [0.5, 0.6) is 0 Å². The molecule has 1 aromatic carbocycles. The average molecular weight is 356 g/mol. The minimum atomic E-state index is -0.562. The molecule has 0 fully saturated rings. The lowest BCUT2D eigenvalue weighted by Gasteiger charge is -2.26. The number of rotatable bonds is 2. The van der Waals surface area contributed by atoms with Crippen LogP contribution in [0.15, 0.2) is 36.5 Å². The van der Waals surface area contributed by atoms with Gasteiger partial charge in [-0.05, 0) is 38.5 Å². The number of halogens is 1. The molecule has 0 radical (unpaired) electrons. The van der Waals surface area contributed by atoms with E-state index in [2.05, 4.69) is 18.8 Å². The lowest BCUT2D eigenvalue weighted by molar-refractivity contribution is 0.0579. The Morgan fingerprint density at radius 2 is 2.00 bits per heavy atom. The molecular formula is C21H25FN2O2. The average Bonchev–Trinajstić information content (AvgIpc) is 2.79. The Hall–Kier alpha value is -2.43. The number of hydrogen-bond donors (Lipinski definition) is 0. The van der Waals surface area contributed by atoms with E-state index < -0.39 is 5.60 Å². The third kappa shape index (κ3) is 3.71. The highest BCUT2D eigenvalue weighted by molar-refractivity contribution is 5.91. The monoisotopic (exact) mass is 356 g/mol. The summed E-state index contributed by atoms with van der Waals surface area (Å²) in [5.41, 5.74) is 2.33. The summed E-state index contributed by atoms with van der Waals surface area (Å²) in [4.78, 5) is 18.8. The zero-order valence-corrected chi connectivity index (χ0v) is 16.0. The number of pyridine rings is 1. The van der Waals surface area contributed by atoms with Gasteiger partial charge in [0.25, 0.3) is 0 Å². The standard InChI is InChI=1S/C21H25FN2O2/c1-20(2,3)26-19(25)24-13-21(4,5)16-12-23-15(11-18(16)24)10-14-8-6-7-9-17(14)22/h6-9,11-12H,10,13H2,1-5H3. The van der Waals surface area contributed by atoms with Crippen molar-refractivity contribution in [3.8, 4) is 0 Å². The van der Waals surface area contributed by atoms with E-state index >= 15 is 0 Å². The van der Waals surface area contributed by atoms with Crippen LogP contribution in [-0.2, 0) is 16.6 Å². The Balaban J connectivity index is 1.94. The maximum absolute atomic E-state index is 14.0. The number of ether oxygens (including phenoxy) is 1. The molecular weight excluding hydrogens is 331 g/mol. The van der Waals surface area contributed by atoms with Crippen LogP contribution < -0.4 is 4.90 Å². The Labute approximate surface area is 154 Å². The highest BCUT2D eigenvalue weighted by Gasteiger charge is 2.40. The van der Waals surface area contributed by atoms with Gasteiger partial charge in [-0.15, -0.1) is 0 Å².